The summed E-state index contributed by atoms with van der Waals surface area (Å²) in [5.74, 6) is 1.35. The van der Waals surface area contributed by atoms with Gasteiger partial charge in [-0.1, -0.05) is 13.3 Å². The number of nitrogens with zero attached hydrogens (tertiary/aromatic N) is 5. The minimum absolute atomic E-state index is 0.0167. The fourth-order valence-corrected chi connectivity index (χ4v) is 6.50. The van der Waals surface area contributed by atoms with E-state index in [1.165, 1.54) is 6.42 Å². The first-order valence-electron chi connectivity index (χ1n) is 10.2. The van der Waals surface area contributed by atoms with Gasteiger partial charge in [-0.05, 0) is 62.8 Å². The van der Waals surface area contributed by atoms with Crippen LogP contribution in [0.2, 0.25) is 0 Å². The smallest absolute Gasteiger partial charge is 0.269 e. The third-order valence-electron chi connectivity index (χ3n) is 6.98. The molecule has 4 aliphatic carbocycles. The summed E-state index contributed by atoms with van der Waals surface area (Å²) in [6.45, 7) is 2.13. The molecule has 4 bridgehead atoms. The van der Waals surface area contributed by atoms with Crippen LogP contribution in [0.4, 0.5) is 0 Å². The summed E-state index contributed by atoms with van der Waals surface area (Å²) in [4.78, 5) is 17.3. The fourth-order valence-electron chi connectivity index (χ4n) is 6.50. The van der Waals surface area contributed by atoms with Crippen LogP contribution in [0.1, 0.15) is 68.1 Å². The predicted molar refractivity (Wildman–Crippen MR) is 100 cm³/mol. The van der Waals surface area contributed by atoms with Crippen molar-refractivity contribution in [1.82, 2.24) is 29.9 Å². The first kappa shape index (κ1) is 17.0. The van der Waals surface area contributed by atoms with Crippen LogP contribution in [0.15, 0.2) is 18.7 Å². The highest BCUT2D eigenvalue weighted by Gasteiger charge is 2.59. The molecule has 2 aromatic rings. The van der Waals surface area contributed by atoms with E-state index in [1.807, 2.05) is 19.4 Å². The van der Waals surface area contributed by atoms with Gasteiger partial charge in [0, 0.05) is 12.6 Å². The zero-order valence-corrected chi connectivity index (χ0v) is 16.2. The van der Waals surface area contributed by atoms with Gasteiger partial charge < -0.3 is 5.32 Å². The highest BCUT2D eigenvalue weighted by atomic mass is 16.2. The van der Waals surface area contributed by atoms with Crippen molar-refractivity contribution in [3.05, 3.63) is 30.1 Å². The summed E-state index contributed by atoms with van der Waals surface area (Å²) in [5, 5.41) is 12.5. The standard InChI is InChI=1S/C20H28N6O/c1-3-4-16-6-17(25(2)24-16)18(27)23-19-7-14-5-15(8-19)10-20(9-14,11-19)26-13-21-12-22-26/h6,12-15H,3-5,7-11H2,1-2H3,(H,23,27)/t14-,15+,19?,20?. The quantitative estimate of drug-likeness (QED) is 0.879. The van der Waals surface area contributed by atoms with E-state index in [2.05, 4.69) is 32.1 Å². The molecule has 0 saturated heterocycles. The van der Waals surface area contributed by atoms with E-state index in [-0.39, 0.29) is 17.0 Å². The molecule has 4 atom stereocenters. The van der Waals surface area contributed by atoms with E-state index in [1.54, 1.807) is 11.0 Å². The van der Waals surface area contributed by atoms with E-state index in [4.69, 9.17) is 0 Å². The van der Waals surface area contributed by atoms with Gasteiger partial charge >= 0.3 is 0 Å². The summed E-state index contributed by atoms with van der Waals surface area (Å²) >= 11 is 0. The average molecular weight is 368 g/mol. The lowest BCUT2D eigenvalue weighted by atomic mass is 9.50. The third kappa shape index (κ3) is 2.70. The molecule has 0 aromatic carbocycles. The molecule has 0 spiro atoms. The number of hydrogen-bond donors (Lipinski definition) is 1. The van der Waals surface area contributed by atoms with E-state index in [0.29, 0.717) is 17.5 Å². The molecule has 2 unspecified atom stereocenters. The van der Waals surface area contributed by atoms with Crippen molar-refractivity contribution in [1.29, 1.82) is 0 Å². The Morgan fingerprint density at radius 1 is 1.30 bits per heavy atom. The van der Waals surface area contributed by atoms with Crippen LogP contribution in [-0.2, 0) is 19.0 Å². The van der Waals surface area contributed by atoms with E-state index in [9.17, 15) is 4.79 Å². The van der Waals surface area contributed by atoms with Gasteiger partial charge in [0.05, 0.1) is 11.2 Å². The van der Waals surface area contributed by atoms with Crippen LogP contribution in [-0.4, -0.2) is 36.0 Å². The van der Waals surface area contributed by atoms with Crippen molar-refractivity contribution in [2.45, 2.75) is 69.4 Å². The molecular formula is C20H28N6O. The predicted octanol–water partition coefficient (Wildman–Crippen LogP) is 2.44. The van der Waals surface area contributed by atoms with Gasteiger partial charge in [0.1, 0.15) is 18.3 Å². The molecular weight excluding hydrogens is 340 g/mol. The summed E-state index contributed by atoms with van der Waals surface area (Å²) in [7, 11) is 1.87. The number of nitrogens with one attached hydrogen (secondary N) is 1. The Morgan fingerprint density at radius 2 is 2.07 bits per heavy atom. The number of aryl methyl sites for hydroxylation is 2. The molecule has 1 N–H and O–H groups in total. The highest BCUT2D eigenvalue weighted by molar-refractivity contribution is 5.93. The Labute approximate surface area is 159 Å². The molecule has 144 valence electrons. The fraction of sp³-hybridized carbons (Fsp3) is 0.700. The van der Waals surface area contributed by atoms with E-state index >= 15 is 0 Å². The largest absolute Gasteiger partial charge is 0.345 e. The van der Waals surface area contributed by atoms with Crippen LogP contribution in [0.25, 0.3) is 0 Å². The molecule has 4 fully saturated rings. The number of rotatable bonds is 5. The molecule has 4 aliphatic rings. The van der Waals surface area contributed by atoms with Crippen molar-refractivity contribution in [3.8, 4) is 0 Å². The highest BCUT2D eigenvalue weighted by Crippen LogP contribution is 2.60. The molecule has 0 aliphatic heterocycles. The SMILES string of the molecule is CCCc1cc(C(=O)NC23C[C@H]4C[C@@H](C2)CC(n2cncn2)(C4)C3)n(C)n1. The number of hydrogen-bond acceptors (Lipinski definition) is 4. The molecule has 4 saturated carbocycles. The second-order valence-corrected chi connectivity index (χ2v) is 9.15. The maximum absolute atomic E-state index is 13.2. The van der Waals surface area contributed by atoms with Crippen LogP contribution < -0.4 is 5.32 Å². The van der Waals surface area contributed by atoms with Gasteiger partial charge in [-0.3, -0.25) is 9.48 Å². The molecule has 7 nitrogen and oxygen atoms in total. The minimum Gasteiger partial charge on any atom is -0.345 e. The van der Waals surface area contributed by atoms with Gasteiger partial charge in [-0.25, -0.2) is 9.67 Å². The van der Waals surface area contributed by atoms with Gasteiger partial charge in [-0.2, -0.15) is 10.2 Å². The second-order valence-electron chi connectivity index (χ2n) is 9.15. The lowest BCUT2D eigenvalue weighted by Gasteiger charge is -2.61. The molecule has 1 amide bonds. The van der Waals surface area contributed by atoms with E-state index < -0.39 is 0 Å². The van der Waals surface area contributed by atoms with Crippen LogP contribution in [0.3, 0.4) is 0 Å². The van der Waals surface area contributed by atoms with Gasteiger partial charge in [0.15, 0.2) is 0 Å². The Hall–Kier alpha value is -2.18. The Kier molecular flexibility index (Phi) is 3.71. The van der Waals surface area contributed by atoms with Crippen LogP contribution >= 0.6 is 0 Å². The second kappa shape index (κ2) is 5.91. The van der Waals surface area contributed by atoms with Gasteiger partial charge in [0.2, 0.25) is 0 Å². The first-order valence-corrected chi connectivity index (χ1v) is 10.2. The van der Waals surface area contributed by atoms with Crippen molar-refractivity contribution in [2.75, 3.05) is 0 Å². The summed E-state index contributed by atoms with van der Waals surface area (Å²) in [5.41, 5.74) is 1.56. The van der Waals surface area contributed by atoms with Crippen LogP contribution in [0.5, 0.6) is 0 Å². The maximum Gasteiger partial charge on any atom is 0.269 e. The van der Waals surface area contributed by atoms with Gasteiger partial charge in [-0.15, -0.1) is 0 Å². The Morgan fingerprint density at radius 3 is 2.74 bits per heavy atom. The topological polar surface area (TPSA) is 77.6 Å². The maximum atomic E-state index is 13.2. The number of aromatic nitrogens is 5. The van der Waals surface area contributed by atoms with Crippen molar-refractivity contribution >= 4 is 5.91 Å². The zero-order chi connectivity index (χ0) is 18.6. The Bertz CT molecular complexity index is 840. The van der Waals surface area contributed by atoms with Crippen molar-refractivity contribution in [3.63, 3.8) is 0 Å². The Balaban J connectivity index is 1.42. The lowest BCUT2D eigenvalue weighted by molar-refractivity contribution is -0.0745. The monoisotopic (exact) mass is 368 g/mol. The third-order valence-corrected chi connectivity index (χ3v) is 6.98. The molecule has 0 radical (unpaired) electrons. The number of carbonyl (C=O) groups excluding carboxylic acids is 1. The average Bonchev–Trinajstić information content (AvgIpc) is 3.24. The molecule has 2 heterocycles. The number of carbonyl (C=O) groups is 1. The summed E-state index contributed by atoms with van der Waals surface area (Å²) < 4.78 is 3.81. The molecule has 27 heavy (non-hydrogen) atoms. The van der Waals surface area contributed by atoms with Crippen molar-refractivity contribution in [2.24, 2.45) is 18.9 Å². The van der Waals surface area contributed by atoms with E-state index in [0.717, 1.165) is 50.6 Å². The lowest BCUT2D eigenvalue weighted by Crippen LogP contribution is -2.66. The molecule has 2 aromatic heterocycles. The molecule has 6 rings (SSSR count). The van der Waals surface area contributed by atoms with Crippen LogP contribution in [0, 0.1) is 11.8 Å². The summed E-state index contributed by atoms with van der Waals surface area (Å²) in [6.07, 6.45) is 12.2. The molecule has 7 heteroatoms. The van der Waals surface area contributed by atoms with Gasteiger partial charge in [0.25, 0.3) is 5.91 Å². The summed E-state index contributed by atoms with van der Waals surface area (Å²) in [6, 6.07) is 1.95. The zero-order valence-electron chi connectivity index (χ0n) is 16.2. The first-order chi connectivity index (χ1) is 13.0. The normalized spacial score (nSPS) is 34.1. The minimum atomic E-state index is -0.123. The number of amides is 1. The van der Waals surface area contributed by atoms with Crippen molar-refractivity contribution < 1.29 is 4.79 Å².